The Hall–Kier alpha value is -2.83. The smallest absolute Gasteiger partial charge is 0.231 e. The Bertz CT molecular complexity index is 1190. The Morgan fingerprint density at radius 1 is 1.12 bits per heavy atom. The van der Waals surface area contributed by atoms with E-state index < -0.39 is 0 Å². The number of carbonyl (C=O) groups is 1. The average Bonchev–Trinajstić information content (AvgIpc) is 3.32. The van der Waals surface area contributed by atoms with Crippen molar-refractivity contribution in [2.75, 3.05) is 27.1 Å². The summed E-state index contributed by atoms with van der Waals surface area (Å²) in [5.41, 5.74) is 3.51. The summed E-state index contributed by atoms with van der Waals surface area (Å²) in [6, 6.07) is 13.6. The van der Waals surface area contributed by atoms with Gasteiger partial charge >= 0.3 is 0 Å². The highest BCUT2D eigenvalue weighted by Crippen LogP contribution is 2.38. The zero-order valence-corrected chi connectivity index (χ0v) is 20.1. The Labute approximate surface area is 204 Å². The number of nitrogens with zero attached hydrogens (tertiary/aromatic N) is 2. The van der Waals surface area contributed by atoms with E-state index >= 15 is 0 Å². The molecular formula is C27H29ClN2O4. The number of halogens is 1. The van der Waals surface area contributed by atoms with Crippen LogP contribution in [-0.4, -0.2) is 42.8 Å². The fraction of sp³-hybridized carbons (Fsp3) is 0.407. The number of hydrogen-bond acceptors (Lipinski definition) is 5. The largest absolute Gasteiger partial charge is 0.454 e. The molecule has 1 aliphatic heterocycles. The molecule has 1 aliphatic carbocycles. The average molecular weight is 481 g/mol. The van der Waals surface area contributed by atoms with Gasteiger partial charge in [0.25, 0.3) is 0 Å². The molecule has 3 aromatic rings. The summed E-state index contributed by atoms with van der Waals surface area (Å²) in [4.78, 5) is 20.5. The minimum Gasteiger partial charge on any atom is -0.454 e. The Morgan fingerprint density at radius 3 is 2.68 bits per heavy atom. The first-order valence-electron chi connectivity index (χ1n) is 11.9. The maximum Gasteiger partial charge on any atom is 0.231 e. The molecule has 6 nitrogen and oxygen atoms in total. The highest BCUT2D eigenvalue weighted by Gasteiger charge is 2.27. The van der Waals surface area contributed by atoms with E-state index in [-0.39, 0.29) is 18.6 Å². The molecule has 1 aromatic heterocycles. The first-order valence-corrected chi connectivity index (χ1v) is 12.3. The molecule has 34 heavy (non-hydrogen) atoms. The third kappa shape index (κ3) is 4.84. The van der Waals surface area contributed by atoms with E-state index in [2.05, 4.69) is 6.07 Å². The van der Waals surface area contributed by atoms with Crippen molar-refractivity contribution in [3.8, 4) is 22.8 Å². The zero-order chi connectivity index (χ0) is 23.5. The van der Waals surface area contributed by atoms with Crippen LogP contribution in [0, 0.1) is 5.92 Å². The molecule has 0 radical (unpaired) electrons. The molecule has 2 aromatic carbocycles. The van der Waals surface area contributed by atoms with Crippen LogP contribution in [0.15, 0.2) is 42.5 Å². The summed E-state index contributed by atoms with van der Waals surface area (Å²) in [6.45, 7) is 1.70. The van der Waals surface area contributed by atoms with E-state index in [9.17, 15) is 4.79 Å². The molecule has 0 bridgehead atoms. The molecule has 178 valence electrons. The lowest BCUT2D eigenvalue weighted by Crippen LogP contribution is -2.38. The van der Waals surface area contributed by atoms with Gasteiger partial charge < -0.3 is 19.1 Å². The summed E-state index contributed by atoms with van der Waals surface area (Å²) in [6.07, 6.45) is 5.37. The molecule has 5 rings (SSSR count). The maximum absolute atomic E-state index is 13.5. The number of aromatic nitrogens is 1. The Morgan fingerprint density at radius 2 is 1.91 bits per heavy atom. The van der Waals surface area contributed by atoms with E-state index in [0.717, 1.165) is 53.4 Å². The third-order valence-corrected chi connectivity index (χ3v) is 6.91. The van der Waals surface area contributed by atoms with Crippen molar-refractivity contribution in [2.45, 2.75) is 38.6 Å². The monoisotopic (exact) mass is 480 g/mol. The second-order valence-corrected chi connectivity index (χ2v) is 9.43. The van der Waals surface area contributed by atoms with Gasteiger partial charge in [0.2, 0.25) is 12.7 Å². The Kier molecular flexibility index (Phi) is 6.88. The maximum atomic E-state index is 13.5. The van der Waals surface area contributed by atoms with Crippen LogP contribution in [0.5, 0.6) is 11.5 Å². The van der Waals surface area contributed by atoms with Crippen LogP contribution >= 0.6 is 11.6 Å². The van der Waals surface area contributed by atoms with Gasteiger partial charge in [0, 0.05) is 48.2 Å². The first-order chi connectivity index (χ1) is 16.6. The third-order valence-electron chi connectivity index (χ3n) is 6.68. The number of amides is 1. The quantitative estimate of drug-likeness (QED) is 0.425. The van der Waals surface area contributed by atoms with Crippen LogP contribution in [0.25, 0.3) is 22.2 Å². The fourth-order valence-corrected chi connectivity index (χ4v) is 5.09. The molecule has 0 atom stereocenters. The number of ether oxygens (including phenoxy) is 3. The predicted molar refractivity (Wildman–Crippen MR) is 132 cm³/mol. The lowest BCUT2D eigenvalue weighted by molar-refractivity contribution is -0.137. The topological polar surface area (TPSA) is 60.9 Å². The number of carbonyl (C=O) groups excluding carboxylic acids is 1. The van der Waals surface area contributed by atoms with Crippen LogP contribution in [-0.2, 0) is 16.1 Å². The van der Waals surface area contributed by atoms with Gasteiger partial charge in [-0.15, -0.1) is 0 Å². The van der Waals surface area contributed by atoms with Crippen LogP contribution in [0.4, 0.5) is 0 Å². The van der Waals surface area contributed by atoms with Crippen molar-refractivity contribution in [3.63, 3.8) is 0 Å². The highest BCUT2D eigenvalue weighted by atomic mass is 35.5. The molecular weight excluding hydrogens is 452 g/mol. The van der Waals surface area contributed by atoms with Crippen molar-refractivity contribution >= 4 is 28.4 Å². The zero-order valence-electron chi connectivity index (χ0n) is 19.4. The van der Waals surface area contributed by atoms with Gasteiger partial charge in [-0.25, -0.2) is 4.98 Å². The highest BCUT2D eigenvalue weighted by molar-refractivity contribution is 6.30. The van der Waals surface area contributed by atoms with Gasteiger partial charge in [0.05, 0.1) is 17.8 Å². The van der Waals surface area contributed by atoms with Crippen LogP contribution in [0.3, 0.4) is 0 Å². The number of methoxy groups -OCH3 is 1. The normalized spacial score (nSPS) is 15.6. The van der Waals surface area contributed by atoms with Crippen molar-refractivity contribution < 1.29 is 19.0 Å². The van der Waals surface area contributed by atoms with Gasteiger partial charge in [0.1, 0.15) is 0 Å². The van der Waals surface area contributed by atoms with Gasteiger partial charge in [0.15, 0.2) is 11.5 Å². The summed E-state index contributed by atoms with van der Waals surface area (Å²) in [7, 11) is 1.67. The molecule has 1 amide bonds. The lowest BCUT2D eigenvalue weighted by Gasteiger charge is -2.30. The minimum atomic E-state index is 0.0856. The number of pyridine rings is 1. The molecule has 0 N–H and O–H groups in total. The number of rotatable bonds is 7. The molecule has 0 spiro atoms. The molecule has 0 saturated heterocycles. The van der Waals surface area contributed by atoms with Crippen LogP contribution in [0.2, 0.25) is 5.02 Å². The number of fused-ring (bicyclic) bond motifs is 2. The van der Waals surface area contributed by atoms with E-state index in [1.54, 1.807) is 7.11 Å². The molecule has 7 heteroatoms. The minimum absolute atomic E-state index is 0.0856. The molecule has 1 saturated carbocycles. The van der Waals surface area contributed by atoms with E-state index in [4.69, 9.17) is 30.8 Å². The van der Waals surface area contributed by atoms with Gasteiger partial charge in [-0.2, -0.15) is 0 Å². The van der Waals surface area contributed by atoms with E-state index in [1.165, 1.54) is 6.42 Å². The van der Waals surface area contributed by atoms with Crippen molar-refractivity contribution in [1.82, 2.24) is 9.88 Å². The van der Waals surface area contributed by atoms with E-state index in [1.807, 2.05) is 41.3 Å². The standard InChI is InChI=1S/C27H29ClN2O4/c1-32-11-10-30(27(31)18-6-3-2-4-7-18)16-21-12-20-14-24-25(34-17-33-24)15-23(20)29-26(21)19-8-5-9-22(28)13-19/h5,8-9,12-15,18H,2-4,6-7,10-11,16-17H2,1H3. The summed E-state index contributed by atoms with van der Waals surface area (Å²) in [5, 5.41) is 1.59. The first kappa shape index (κ1) is 22.9. The van der Waals surface area contributed by atoms with Crippen LogP contribution in [0.1, 0.15) is 37.7 Å². The second kappa shape index (κ2) is 10.2. The van der Waals surface area contributed by atoms with Gasteiger partial charge in [-0.05, 0) is 42.7 Å². The molecule has 0 unspecified atom stereocenters. The summed E-state index contributed by atoms with van der Waals surface area (Å²) < 4.78 is 16.5. The van der Waals surface area contributed by atoms with Gasteiger partial charge in [-0.3, -0.25) is 4.79 Å². The Balaban J connectivity index is 1.56. The molecule has 1 fully saturated rings. The number of benzene rings is 2. The lowest BCUT2D eigenvalue weighted by atomic mass is 9.88. The van der Waals surface area contributed by atoms with Crippen molar-refractivity contribution in [1.29, 1.82) is 0 Å². The summed E-state index contributed by atoms with van der Waals surface area (Å²) in [5.74, 6) is 1.70. The molecule has 2 aliphatic rings. The fourth-order valence-electron chi connectivity index (χ4n) is 4.90. The van der Waals surface area contributed by atoms with E-state index in [0.29, 0.717) is 36.2 Å². The number of hydrogen-bond donors (Lipinski definition) is 0. The van der Waals surface area contributed by atoms with Crippen molar-refractivity contribution in [3.05, 3.63) is 53.1 Å². The second-order valence-electron chi connectivity index (χ2n) is 8.99. The van der Waals surface area contributed by atoms with Crippen molar-refractivity contribution in [2.24, 2.45) is 5.92 Å². The SMILES string of the molecule is COCCN(Cc1cc2cc3c(cc2nc1-c1cccc(Cl)c1)OCO3)C(=O)C1CCCCC1. The summed E-state index contributed by atoms with van der Waals surface area (Å²) >= 11 is 6.32. The van der Waals surface area contributed by atoms with Gasteiger partial charge in [-0.1, -0.05) is 43.0 Å². The molecule has 2 heterocycles. The van der Waals surface area contributed by atoms with Crippen LogP contribution < -0.4 is 9.47 Å². The predicted octanol–water partition coefficient (Wildman–Crippen LogP) is 5.84.